The fourth-order valence-electron chi connectivity index (χ4n) is 3.20. The zero-order valence-electron chi connectivity index (χ0n) is 12.8. The van der Waals surface area contributed by atoms with Crippen molar-refractivity contribution in [2.75, 3.05) is 46.3 Å². The standard InChI is InChI=1S/C15H30N4O/c1-18-8-10-19(11-9-18)7-3-6-17-15(20)13-4-2-5-14(16)12-13/h13-14H,2-12,16H2,1H3,(H,17,20). The fraction of sp³-hybridized carbons (Fsp3) is 0.933. The highest BCUT2D eigenvalue weighted by molar-refractivity contribution is 5.78. The first-order valence-electron chi connectivity index (χ1n) is 8.09. The number of rotatable bonds is 5. The Morgan fingerprint density at radius 2 is 2.00 bits per heavy atom. The predicted molar refractivity (Wildman–Crippen MR) is 81.5 cm³/mol. The van der Waals surface area contributed by atoms with Crippen molar-refractivity contribution in [3.05, 3.63) is 0 Å². The number of likely N-dealkylation sites (N-methyl/N-ethyl adjacent to an activating group) is 1. The van der Waals surface area contributed by atoms with Gasteiger partial charge in [-0.05, 0) is 39.3 Å². The fourth-order valence-corrected chi connectivity index (χ4v) is 3.20. The molecule has 116 valence electrons. The average Bonchev–Trinajstić information content (AvgIpc) is 2.45. The Bertz CT molecular complexity index is 302. The second-order valence-electron chi connectivity index (χ2n) is 6.41. The van der Waals surface area contributed by atoms with E-state index in [0.717, 1.165) is 71.4 Å². The highest BCUT2D eigenvalue weighted by atomic mass is 16.1. The number of hydrogen-bond acceptors (Lipinski definition) is 4. The first-order chi connectivity index (χ1) is 9.65. The second kappa shape index (κ2) is 7.96. The summed E-state index contributed by atoms with van der Waals surface area (Å²) in [5.41, 5.74) is 5.94. The molecule has 2 unspecified atom stereocenters. The van der Waals surface area contributed by atoms with E-state index >= 15 is 0 Å². The van der Waals surface area contributed by atoms with Crippen LogP contribution in [0, 0.1) is 5.92 Å². The van der Waals surface area contributed by atoms with Crippen molar-refractivity contribution in [2.24, 2.45) is 11.7 Å². The third kappa shape index (κ3) is 5.04. The van der Waals surface area contributed by atoms with Crippen molar-refractivity contribution in [1.82, 2.24) is 15.1 Å². The summed E-state index contributed by atoms with van der Waals surface area (Å²) in [4.78, 5) is 16.9. The van der Waals surface area contributed by atoms with Crippen molar-refractivity contribution in [1.29, 1.82) is 0 Å². The molecule has 2 atom stereocenters. The Labute approximate surface area is 122 Å². The first kappa shape index (κ1) is 15.7. The molecule has 2 aliphatic rings. The summed E-state index contributed by atoms with van der Waals surface area (Å²) in [5.74, 6) is 0.376. The number of carbonyl (C=O) groups is 1. The molecule has 20 heavy (non-hydrogen) atoms. The van der Waals surface area contributed by atoms with Gasteiger partial charge in [0, 0.05) is 44.7 Å². The van der Waals surface area contributed by atoms with Crippen molar-refractivity contribution in [2.45, 2.75) is 38.1 Å². The lowest BCUT2D eigenvalue weighted by Gasteiger charge is -2.32. The molecule has 0 aromatic rings. The first-order valence-corrected chi connectivity index (χ1v) is 8.09. The molecule has 1 aliphatic heterocycles. The minimum Gasteiger partial charge on any atom is -0.356 e. The molecule has 5 nitrogen and oxygen atoms in total. The van der Waals surface area contributed by atoms with Crippen molar-refractivity contribution >= 4 is 5.91 Å². The van der Waals surface area contributed by atoms with Gasteiger partial charge in [0.25, 0.3) is 0 Å². The molecule has 2 rings (SSSR count). The van der Waals surface area contributed by atoms with Crippen LogP contribution in [0.25, 0.3) is 0 Å². The van der Waals surface area contributed by atoms with Crippen LogP contribution < -0.4 is 11.1 Å². The van der Waals surface area contributed by atoms with E-state index in [0.29, 0.717) is 0 Å². The lowest BCUT2D eigenvalue weighted by molar-refractivity contribution is -0.126. The van der Waals surface area contributed by atoms with Gasteiger partial charge < -0.3 is 20.9 Å². The molecule has 0 radical (unpaired) electrons. The second-order valence-corrected chi connectivity index (χ2v) is 6.41. The normalized spacial score (nSPS) is 29.3. The van der Waals surface area contributed by atoms with Crippen LogP contribution in [0.2, 0.25) is 0 Å². The van der Waals surface area contributed by atoms with Crippen molar-refractivity contribution in [3.63, 3.8) is 0 Å². The minimum absolute atomic E-state index is 0.155. The van der Waals surface area contributed by atoms with Gasteiger partial charge in [-0.3, -0.25) is 4.79 Å². The van der Waals surface area contributed by atoms with E-state index in [-0.39, 0.29) is 17.9 Å². The lowest BCUT2D eigenvalue weighted by atomic mass is 9.85. The molecular weight excluding hydrogens is 252 g/mol. The van der Waals surface area contributed by atoms with Gasteiger partial charge in [-0.2, -0.15) is 0 Å². The highest BCUT2D eigenvalue weighted by Crippen LogP contribution is 2.22. The molecule has 1 saturated carbocycles. The van der Waals surface area contributed by atoms with Gasteiger partial charge in [0.2, 0.25) is 5.91 Å². The Morgan fingerprint density at radius 3 is 2.70 bits per heavy atom. The van der Waals surface area contributed by atoms with Crippen LogP contribution in [-0.2, 0) is 4.79 Å². The van der Waals surface area contributed by atoms with Gasteiger partial charge in [0.05, 0.1) is 0 Å². The summed E-state index contributed by atoms with van der Waals surface area (Å²) < 4.78 is 0. The maximum Gasteiger partial charge on any atom is 0.223 e. The van der Waals surface area contributed by atoms with E-state index < -0.39 is 0 Å². The third-order valence-electron chi connectivity index (χ3n) is 4.63. The molecule has 1 saturated heterocycles. The molecular formula is C15H30N4O. The number of carbonyl (C=O) groups excluding carboxylic acids is 1. The number of amides is 1. The summed E-state index contributed by atoms with van der Waals surface area (Å²) in [5, 5.41) is 3.09. The van der Waals surface area contributed by atoms with E-state index in [1.165, 1.54) is 0 Å². The quantitative estimate of drug-likeness (QED) is 0.710. The van der Waals surface area contributed by atoms with E-state index in [1.54, 1.807) is 0 Å². The Hall–Kier alpha value is -0.650. The molecule has 3 N–H and O–H groups in total. The Morgan fingerprint density at radius 1 is 1.25 bits per heavy atom. The molecule has 0 aromatic carbocycles. The molecule has 1 heterocycles. The maximum atomic E-state index is 12.1. The van der Waals surface area contributed by atoms with E-state index in [2.05, 4.69) is 22.2 Å². The van der Waals surface area contributed by atoms with Gasteiger partial charge in [-0.1, -0.05) is 6.42 Å². The van der Waals surface area contributed by atoms with Crippen molar-refractivity contribution in [3.8, 4) is 0 Å². The number of nitrogens with one attached hydrogen (secondary N) is 1. The monoisotopic (exact) mass is 282 g/mol. The van der Waals surface area contributed by atoms with Crippen LogP contribution in [0.1, 0.15) is 32.1 Å². The average molecular weight is 282 g/mol. The molecule has 0 bridgehead atoms. The molecule has 2 fully saturated rings. The molecule has 5 heteroatoms. The number of nitrogens with zero attached hydrogens (tertiary/aromatic N) is 2. The topological polar surface area (TPSA) is 61.6 Å². The van der Waals surface area contributed by atoms with Crippen LogP contribution >= 0.6 is 0 Å². The van der Waals surface area contributed by atoms with Crippen molar-refractivity contribution < 1.29 is 4.79 Å². The summed E-state index contributed by atoms with van der Waals surface area (Å²) in [6.45, 7) is 6.53. The van der Waals surface area contributed by atoms with Gasteiger partial charge in [-0.25, -0.2) is 0 Å². The predicted octanol–water partition coefficient (Wildman–Crippen LogP) is 0.258. The van der Waals surface area contributed by atoms with Gasteiger partial charge in [0.15, 0.2) is 0 Å². The number of nitrogens with two attached hydrogens (primary N) is 1. The summed E-state index contributed by atoms with van der Waals surface area (Å²) in [6.07, 6.45) is 5.10. The Balaban J connectivity index is 1.55. The largest absolute Gasteiger partial charge is 0.356 e. The zero-order chi connectivity index (χ0) is 14.4. The smallest absolute Gasteiger partial charge is 0.223 e. The summed E-state index contributed by atoms with van der Waals surface area (Å²) in [6, 6.07) is 0.227. The van der Waals surface area contributed by atoms with Crippen LogP contribution in [0.4, 0.5) is 0 Å². The molecule has 0 aromatic heterocycles. The maximum absolute atomic E-state index is 12.1. The molecule has 0 spiro atoms. The molecule has 1 amide bonds. The SMILES string of the molecule is CN1CCN(CCCNC(=O)C2CCCC(N)C2)CC1. The third-order valence-corrected chi connectivity index (χ3v) is 4.63. The number of hydrogen-bond donors (Lipinski definition) is 2. The van der Waals surface area contributed by atoms with Crippen LogP contribution in [0.5, 0.6) is 0 Å². The summed E-state index contributed by atoms with van der Waals surface area (Å²) in [7, 11) is 2.17. The van der Waals surface area contributed by atoms with Crippen LogP contribution in [-0.4, -0.2) is 68.1 Å². The van der Waals surface area contributed by atoms with Gasteiger partial charge >= 0.3 is 0 Å². The Kier molecular flexibility index (Phi) is 6.26. The van der Waals surface area contributed by atoms with Gasteiger partial charge in [0.1, 0.15) is 0 Å². The molecule has 1 aliphatic carbocycles. The van der Waals surface area contributed by atoms with Crippen LogP contribution in [0.15, 0.2) is 0 Å². The zero-order valence-corrected chi connectivity index (χ0v) is 12.8. The summed E-state index contributed by atoms with van der Waals surface area (Å²) >= 11 is 0. The lowest BCUT2D eigenvalue weighted by Crippen LogP contribution is -2.45. The van der Waals surface area contributed by atoms with E-state index in [4.69, 9.17) is 5.73 Å². The minimum atomic E-state index is 0.155. The van der Waals surface area contributed by atoms with Gasteiger partial charge in [-0.15, -0.1) is 0 Å². The van der Waals surface area contributed by atoms with Crippen LogP contribution in [0.3, 0.4) is 0 Å². The van der Waals surface area contributed by atoms with E-state index in [9.17, 15) is 4.79 Å². The number of piperazine rings is 1. The van der Waals surface area contributed by atoms with E-state index in [1.807, 2.05) is 0 Å². The highest BCUT2D eigenvalue weighted by Gasteiger charge is 2.24.